The molecule has 5 rings (SSSR count). The van der Waals surface area contributed by atoms with Crippen molar-refractivity contribution in [3.8, 4) is 17.0 Å². The summed E-state index contributed by atoms with van der Waals surface area (Å²) in [5.41, 5.74) is 1.16. The zero-order chi connectivity index (χ0) is 27.9. The summed E-state index contributed by atoms with van der Waals surface area (Å²) >= 11 is 0. The zero-order valence-electron chi connectivity index (χ0n) is 21.0. The number of carbonyl (C=O) groups excluding carboxylic acids is 1. The molecule has 2 aromatic carbocycles. The number of nitrogens with one attached hydrogen (secondary N) is 1. The van der Waals surface area contributed by atoms with Crippen molar-refractivity contribution in [2.45, 2.75) is 26.6 Å². The summed E-state index contributed by atoms with van der Waals surface area (Å²) in [6.45, 7) is 3.67. The van der Waals surface area contributed by atoms with Crippen LogP contribution in [0.2, 0.25) is 0 Å². The number of fused-ring (bicyclic) bond motifs is 1. The Hall–Kier alpha value is -4.74. The molecule has 0 saturated carbocycles. The van der Waals surface area contributed by atoms with Crippen molar-refractivity contribution in [2.24, 2.45) is 0 Å². The molecule has 8 nitrogen and oxygen atoms in total. The van der Waals surface area contributed by atoms with E-state index in [-0.39, 0.29) is 29.4 Å². The predicted molar refractivity (Wildman–Crippen MR) is 135 cm³/mol. The fourth-order valence-corrected chi connectivity index (χ4v) is 4.21. The van der Waals surface area contributed by atoms with E-state index >= 15 is 0 Å². The van der Waals surface area contributed by atoms with Crippen LogP contribution < -0.4 is 10.1 Å². The van der Waals surface area contributed by atoms with Crippen LogP contribution >= 0.6 is 0 Å². The van der Waals surface area contributed by atoms with Crippen molar-refractivity contribution in [1.82, 2.24) is 24.4 Å². The lowest BCUT2D eigenvalue weighted by molar-refractivity contribution is -0.142. The maximum atomic E-state index is 14.0. The van der Waals surface area contributed by atoms with Gasteiger partial charge in [-0.25, -0.2) is 13.9 Å². The smallest absolute Gasteiger partial charge is 0.433 e. The van der Waals surface area contributed by atoms with Crippen molar-refractivity contribution in [1.29, 1.82) is 0 Å². The molecule has 0 radical (unpaired) electrons. The summed E-state index contributed by atoms with van der Waals surface area (Å²) in [5, 5.41) is 11.0. The number of hydrogen-bond donors (Lipinski definition) is 1. The number of aryl methyl sites for hydroxylation is 1. The minimum atomic E-state index is -4.76. The molecule has 0 atom stereocenters. The highest BCUT2D eigenvalue weighted by Gasteiger charge is 2.35. The molecule has 39 heavy (non-hydrogen) atoms. The number of ether oxygens (including phenoxy) is 1. The van der Waals surface area contributed by atoms with E-state index in [1.54, 1.807) is 54.9 Å². The Balaban J connectivity index is 1.47. The number of methoxy groups -OCH3 is 1. The third-order valence-corrected chi connectivity index (χ3v) is 6.18. The summed E-state index contributed by atoms with van der Waals surface area (Å²) in [6, 6.07) is 14.6. The SMILES string of the molecule is COc1ccc(-c2cc(C(F)(F)F)n3nc(C(=O)Nc4c(C)nn(Cc5cccc(F)c5)c4C)cc3n2)cc1. The summed E-state index contributed by atoms with van der Waals surface area (Å²) in [5.74, 6) is -0.559. The van der Waals surface area contributed by atoms with E-state index in [0.717, 1.165) is 6.07 Å². The molecule has 0 saturated heterocycles. The van der Waals surface area contributed by atoms with Gasteiger partial charge in [0.25, 0.3) is 5.91 Å². The predicted octanol–water partition coefficient (Wildman–Crippen LogP) is 5.68. The Bertz CT molecular complexity index is 1690. The minimum absolute atomic E-state index is 0.0645. The van der Waals surface area contributed by atoms with Crippen LogP contribution in [0, 0.1) is 19.7 Å². The normalized spacial score (nSPS) is 11.7. The van der Waals surface area contributed by atoms with Crippen LogP contribution in [0.3, 0.4) is 0 Å². The molecule has 0 aliphatic heterocycles. The van der Waals surface area contributed by atoms with Gasteiger partial charge in [0.1, 0.15) is 11.6 Å². The molecule has 0 fully saturated rings. The number of benzene rings is 2. The van der Waals surface area contributed by atoms with Crippen molar-refractivity contribution >= 4 is 17.2 Å². The maximum Gasteiger partial charge on any atom is 0.433 e. The minimum Gasteiger partial charge on any atom is -0.497 e. The standard InChI is InChI=1S/C27H22F4N6O2/c1-15-25(16(2)36(34-15)14-17-5-4-6-19(28)11-17)33-26(38)22-13-24-32-21(18-7-9-20(39-3)10-8-18)12-23(27(29,30)31)37(24)35-22/h4-13H,14H2,1-3H3,(H,33,38). The Morgan fingerprint density at radius 1 is 1.03 bits per heavy atom. The van der Waals surface area contributed by atoms with E-state index in [2.05, 4.69) is 20.5 Å². The van der Waals surface area contributed by atoms with Crippen LogP contribution in [0.25, 0.3) is 16.9 Å². The van der Waals surface area contributed by atoms with Gasteiger partial charge >= 0.3 is 6.18 Å². The number of carbonyl (C=O) groups is 1. The average Bonchev–Trinajstić information content (AvgIpc) is 3.44. The summed E-state index contributed by atoms with van der Waals surface area (Å²) in [7, 11) is 1.48. The van der Waals surface area contributed by atoms with E-state index in [4.69, 9.17) is 4.74 Å². The molecular formula is C27H22F4N6O2. The topological polar surface area (TPSA) is 86.3 Å². The quantitative estimate of drug-likeness (QED) is 0.281. The first kappa shape index (κ1) is 25.9. The van der Waals surface area contributed by atoms with Crippen molar-refractivity contribution in [3.05, 3.63) is 94.8 Å². The van der Waals surface area contributed by atoms with Crippen LogP contribution in [0.4, 0.5) is 23.2 Å². The van der Waals surface area contributed by atoms with Gasteiger partial charge in [0, 0.05) is 11.6 Å². The van der Waals surface area contributed by atoms with Crippen molar-refractivity contribution < 1.29 is 27.1 Å². The van der Waals surface area contributed by atoms with E-state index in [1.807, 2.05) is 0 Å². The fourth-order valence-electron chi connectivity index (χ4n) is 4.21. The van der Waals surface area contributed by atoms with Crippen LogP contribution in [0.5, 0.6) is 5.75 Å². The number of aromatic nitrogens is 5. The van der Waals surface area contributed by atoms with Crippen LogP contribution in [0.15, 0.2) is 60.7 Å². The molecule has 0 spiro atoms. The van der Waals surface area contributed by atoms with Crippen LogP contribution in [0.1, 0.15) is 33.1 Å². The van der Waals surface area contributed by atoms with E-state index in [0.29, 0.717) is 38.5 Å². The molecule has 0 bridgehead atoms. The molecule has 1 amide bonds. The highest BCUT2D eigenvalue weighted by atomic mass is 19.4. The first-order valence-electron chi connectivity index (χ1n) is 11.8. The number of halogens is 4. The third-order valence-electron chi connectivity index (χ3n) is 6.18. The Morgan fingerprint density at radius 3 is 2.44 bits per heavy atom. The summed E-state index contributed by atoms with van der Waals surface area (Å²) in [6.07, 6.45) is -4.76. The second-order valence-electron chi connectivity index (χ2n) is 8.84. The van der Waals surface area contributed by atoms with Crippen LogP contribution in [-0.2, 0) is 12.7 Å². The lowest BCUT2D eigenvalue weighted by Gasteiger charge is -2.11. The van der Waals surface area contributed by atoms with Gasteiger partial charge < -0.3 is 10.1 Å². The second kappa shape index (κ2) is 9.86. The third kappa shape index (κ3) is 5.17. The van der Waals surface area contributed by atoms with Gasteiger partial charge in [-0.05, 0) is 61.9 Å². The van der Waals surface area contributed by atoms with Crippen molar-refractivity contribution in [2.75, 3.05) is 12.4 Å². The monoisotopic (exact) mass is 538 g/mol. The molecule has 200 valence electrons. The Kier molecular flexibility index (Phi) is 6.54. The van der Waals surface area contributed by atoms with Crippen LogP contribution in [-0.4, -0.2) is 37.4 Å². The molecule has 0 aliphatic rings. The molecule has 12 heteroatoms. The summed E-state index contributed by atoms with van der Waals surface area (Å²) < 4.78 is 62.8. The molecule has 3 aromatic heterocycles. The molecule has 1 N–H and O–H groups in total. The first-order chi connectivity index (χ1) is 18.5. The Labute approximate surface area is 219 Å². The molecule has 3 heterocycles. The van der Waals surface area contributed by atoms with Gasteiger partial charge in [-0.1, -0.05) is 12.1 Å². The summed E-state index contributed by atoms with van der Waals surface area (Å²) in [4.78, 5) is 17.4. The number of nitrogens with zero attached hydrogens (tertiary/aromatic N) is 5. The van der Waals surface area contributed by atoms with Gasteiger partial charge in [-0.2, -0.15) is 23.4 Å². The second-order valence-corrected chi connectivity index (χ2v) is 8.84. The number of amides is 1. The lowest BCUT2D eigenvalue weighted by atomic mass is 10.1. The Morgan fingerprint density at radius 2 is 1.77 bits per heavy atom. The van der Waals surface area contributed by atoms with Gasteiger partial charge in [-0.15, -0.1) is 0 Å². The molecule has 0 unspecified atom stereocenters. The highest BCUT2D eigenvalue weighted by Crippen LogP contribution is 2.33. The molecular weight excluding hydrogens is 516 g/mol. The molecule has 0 aliphatic carbocycles. The number of hydrogen-bond acceptors (Lipinski definition) is 5. The fraction of sp³-hybridized carbons (Fsp3) is 0.185. The van der Waals surface area contributed by atoms with E-state index < -0.39 is 17.8 Å². The van der Waals surface area contributed by atoms with Crippen molar-refractivity contribution in [3.63, 3.8) is 0 Å². The number of anilines is 1. The van der Waals surface area contributed by atoms with Gasteiger partial charge in [0.2, 0.25) is 0 Å². The van der Waals surface area contributed by atoms with Gasteiger partial charge in [0.05, 0.1) is 36.4 Å². The van der Waals surface area contributed by atoms with Gasteiger partial charge in [0.15, 0.2) is 17.0 Å². The number of alkyl halides is 3. The largest absolute Gasteiger partial charge is 0.497 e. The zero-order valence-corrected chi connectivity index (χ0v) is 21.0. The first-order valence-corrected chi connectivity index (χ1v) is 11.8. The van der Waals surface area contributed by atoms with Gasteiger partial charge in [-0.3, -0.25) is 9.48 Å². The maximum absolute atomic E-state index is 14.0. The lowest BCUT2D eigenvalue weighted by Crippen LogP contribution is -2.16. The highest BCUT2D eigenvalue weighted by molar-refractivity contribution is 6.04. The molecule has 5 aromatic rings. The average molecular weight is 539 g/mol. The van der Waals surface area contributed by atoms with E-state index in [1.165, 1.54) is 25.3 Å². The van der Waals surface area contributed by atoms with E-state index in [9.17, 15) is 22.4 Å². The number of rotatable bonds is 6.